The molecular weight excluding hydrogens is 312 g/mol. The Labute approximate surface area is 122 Å². The van der Waals surface area contributed by atoms with Gasteiger partial charge in [-0.25, -0.2) is 0 Å². The Bertz CT molecular complexity index is 425. The highest BCUT2D eigenvalue weighted by Crippen LogP contribution is 2.28. The molecule has 0 heterocycles. The van der Waals surface area contributed by atoms with E-state index in [1.165, 1.54) is 32.1 Å². The van der Waals surface area contributed by atoms with Crippen LogP contribution in [0.25, 0.3) is 0 Å². The molecule has 0 radical (unpaired) electrons. The molecule has 2 rings (SSSR count). The molecule has 0 bridgehead atoms. The van der Waals surface area contributed by atoms with Crippen molar-refractivity contribution < 1.29 is 4.79 Å². The predicted octanol–water partition coefficient (Wildman–Crippen LogP) is 5.18. The first-order valence-corrected chi connectivity index (χ1v) is 7.78. The number of ketones is 1. The van der Waals surface area contributed by atoms with Crippen molar-refractivity contribution in [2.45, 2.75) is 44.9 Å². The molecule has 0 aliphatic heterocycles. The topological polar surface area (TPSA) is 17.1 Å². The molecule has 0 spiro atoms. The van der Waals surface area contributed by atoms with Gasteiger partial charge in [-0.15, -0.1) is 0 Å². The second-order valence-corrected chi connectivity index (χ2v) is 6.48. The number of hydrogen-bond acceptors (Lipinski definition) is 1. The minimum absolute atomic E-state index is 0.325. The number of benzene rings is 1. The minimum atomic E-state index is 0.325. The van der Waals surface area contributed by atoms with Gasteiger partial charge >= 0.3 is 0 Å². The molecule has 3 heteroatoms. The molecule has 0 unspecified atom stereocenters. The van der Waals surface area contributed by atoms with E-state index in [1.54, 1.807) is 0 Å². The van der Waals surface area contributed by atoms with Gasteiger partial charge in [0, 0.05) is 22.3 Å². The van der Waals surface area contributed by atoms with Crippen LogP contribution in [0, 0.1) is 5.92 Å². The molecule has 1 aromatic carbocycles. The summed E-state index contributed by atoms with van der Waals surface area (Å²) in [5.74, 6) is 0.937. The smallest absolute Gasteiger partial charge is 0.137 e. The van der Waals surface area contributed by atoms with Gasteiger partial charge in [0.1, 0.15) is 5.78 Å². The highest BCUT2D eigenvalue weighted by Gasteiger charge is 2.17. The molecule has 18 heavy (non-hydrogen) atoms. The van der Waals surface area contributed by atoms with Crippen LogP contribution in [0.15, 0.2) is 22.7 Å². The van der Waals surface area contributed by atoms with Gasteiger partial charge < -0.3 is 0 Å². The highest BCUT2D eigenvalue weighted by molar-refractivity contribution is 9.10. The Kier molecular flexibility index (Phi) is 5.25. The lowest BCUT2D eigenvalue weighted by molar-refractivity contribution is -0.119. The van der Waals surface area contributed by atoms with E-state index in [9.17, 15) is 4.79 Å². The number of hydrogen-bond donors (Lipinski definition) is 0. The molecule has 1 saturated carbocycles. The fourth-order valence-electron chi connectivity index (χ4n) is 2.66. The van der Waals surface area contributed by atoms with Crippen molar-refractivity contribution in [2.75, 3.05) is 0 Å². The SMILES string of the molecule is O=C(Cc1ccc(Br)cc1Cl)CC1CCCCC1. The highest BCUT2D eigenvalue weighted by atomic mass is 79.9. The van der Waals surface area contributed by atoms with Gasteiger partial charge in [-0.3, -0.25) is 4.79 Å². The van der Waals surface area contributed by atoms with Crippen molar-refractivity contribution in [1.29, 1.82) is 0 Å². The predicted molar refractivity (Wildman–Crippen MR) is 79.1 cm³/mol. The van der Waals surface area contributed by atoms with Crippen LogP contribution >= 0.6 is 27.5 Å². The molecule has 98 valence electrons. The van der Waals surface area contributed by atoms with Crippen LogP contribution < -0.4 is 0 Å². The fourth-order valence-corrected chi connectivity index (χ4v) is 3.40. The van der Waals surface area contributed by atoms with Gasteiger partial charge in [0.05, 0.1) is 0 Å². The van der Waals surface area contributed by atoms with Gasteiger partial charge in [0.2, 0.25) is 0 Å². The summed E-state index contributed by atoms with van der Waals surface area (Å²) >= 11 is 9.51. The van der Waals surface area contributed by atoms with Gasteiger partial charge in [0.15, 0.2) is 0 Å². The van der Waals surface area contributed by atoms with Crippen molar-refractivity contribution in [3.8, 4) is 0 Å². The number of carbonyl (C=O) groups is 1. The summed E-state index contributed by atoms with van der Waals surface area (Å²) in [5.41, 5.74) is 0.945. The number of rotatable bonds is 4. The van der Waals surface area contributed by atoms with E-state index in [-0.39, 0.29) is 0 Å². The summed E-state index contributed by atoms with van der Waals surface area (Å²) in [6.07, 6.45) is 7.56. The van der Waals surface area contributed by atoms with Gasteiger partial charge in [-0.1, -0.05) is 65.7 Å². The average molecular weight is 330 g/mol. The van der Waals surface area contributed by atoms with Crippen LogP contribution in [0.3, 0.4) is 0 Å². The van der Waals surface area contributed by atoms with Gasteiger partial charge in [0.25, 0.3) is 0 Å². The van der Waals surface area contributed by atoms with Crippen molar-refractivity contribution in [2.24, 2.45) is 5.92 Å². The van der Waals surface area contributed by atoms with Crippen LogP contribution in [0.2, 0.25) is 5.02 Å². The number of carbonyl (C=O) groups excluding carboxylic acids is 1. The van der Waals surface area contributed by atoms with E-state index in [0.29, 0.717) is 23.1 Å². The van der Waals surface area contributed by atoms with Crippen LogP contribution in [0.1, 0.15) is 44.1 Å². The zero-order chi connectivity index (χ0) is 13.0. The van der Waals surface area contributed by atoms with E-state index < -0.39 is 0 Å². The normalized spacial score (nSPS) is 16.8. The van der Waals surface area contributed by atoms with Crippen LogP contribution in [-0.2, 0) is 11.2 Å². The Morgan fingerprint density at radius 1 is 1.28 bits per heavy atom. The van der Waals surface area contributed by atoms with Gasteiger partial charge in [-0.2, -0.15) is 0 Å². The molecule has 1 aromatic rings. The van der Waals surface area contributed by atoms with Crippen molar-refractivity contribution >= 4 is 33.3 Å². The molecule has 0 amide bonds. The Morgan fingerprint density at radius 3 is 2.67 bits per heavy atom. The summed E-state index contributed by atoms with van der Waals surface area (Å²) in [5, 5.41) is 0.682. The maximum absolute atomic E-state index is 12.0. The first kappa shape index (κ1) is 14.1. The molecule has 1 aliphatic carbocycles. The summed E-state index contributed by atoms with van der Waals surface area (Å²) in [4.78, 5) is 12.0. The lowest BCUT2D eigenvalue weighted by Crippen LogP contribution is -2.13. The largest absolute Gasteiger partial charge is 0.299 e. The third-order valence-corrected chi connectivity index (χ3v) is 4.49. The molecule has 0 atom stereocenters. The van der Waals surface area contributed by atoms with Crippen molar-refractivity contribution in [3.63, 3.8) is 0 Å². The summed E-state index contributed by atoms with van der Waals surface area (Å²) in [6.45, 7) is 0. The quantitative estimate of drug-likeness (QED) is 0.743. The Morgan fingerprint density at radius 2 is 2.00 bits per heavy atom. The second-order valence-electron chi connectivity index (χ2n) is 5.16. The first-order valence-electron chi connectivity index (χ1n) is 6.61. The molecule has 1 fully saturated rings. The number of halogens is 2. The van der Waals surface area contributed by atoms with Crippen LogP contribution in [-0.4, -0.2) is 5.78 Å². The Hall–Kier alpha value is -0.340. The average Bonchev–Trinajstić information content (AvgIpc) is 2.34. The third kappa shape index (κ3) is 4.10. The maximum atomic E-state index is 12.0. The fraction of sp³-hybridized carbons (Fsp3) is 0.533. The van der Waals surface area contributed by atoms with Crippen molar-refractivity contribution in [1.82, 2.24) is 0 Å². The lowest BCUT2D eigenvalue weighted by atomic mass is 9.85. The van der Waals surface area contributed by atoms with Crippen molar-refractivity contribution in [3.05, 3.63) is 33.3 Å². The molecule has 1 nitrogen and oxygen atoms in total. The maximum Gasteiger partial charge on any atom is 0.137 e. The monoisotopic (exact) mass is 328 g/mol. The molecule has 0 aromatic heterocycles. The standard InChI is InChI=1S/C15H18BrClO/c16-13-7-6-12(15(17)10-13)9-14(18)8-11-4-2-1-3-5-11/h6-7,10-11H,1-5,8-9H2. The molecule has 0 saturated heterocycles. The first-order chi connectivity index (χ1) is 8.65. The Balaban J connectivity index is 1.90. The third-order valence-electron chi connectivity index (χ3n) is 3.64. The number of Topliss-reactive ketones (excluding diaryl/α,β-unsaturated/α-hetero) is 1. The summed E-state index contributed by atoms with van der Waals surface area (Å²) in [7, 11) is 0. The molecule has 1 aliphatic rings. The van der Waals surface area contributed by atoms with Crippen LogP contribution in [0.4, 0.5) is 0 Å². The molecular formula is C15H18BrClO. The second kappa shape index (κ2) is 6.72. The van der Waals surface area contributed by atoms with Gasteiger partial charge in [-0.05, 0) is 23.6 Å². The summed E-state index contributed by atoms with van der Waals surface area (Å²) < 4.78 is 0.955. The zero-order valence-electron chi connectivity index (χ0n) is 10.4. The van der Waals surface area contributed by atoms with E-state index >= 15 is 0 Å². The summed E-state index contributed by atoms with van der Waals surface area (Å²) in [6, 6.07) is 5.73. The van der Waals surface area contributed by atoms with E-state index in [4.69, 9.17) is 11.6 Å². The minimum Gasteiger partial charge on any atom is -0.299 e. The van der Waals surface area contributed by atoms with Crippen LogP contribution in [0.5, 0.6) is 0 Å². The lowest BCUT2D eigenvalue weighted by Gasteiger charge is -2.20. The van der Waals surface area contributed by atoms with E-state index in [2.05, 4.69) is 15.9 Å². The van der Waals surface area contributed by atoms with E-state index in [1.807, 2.05) is 18.2 Å². The zero-order valence-corrected chi connectivity index (χ0v) is 12.8. The van der Waals surface area contributed by atoms with E-state index in [0.717, 1.165) is 16.5 Å². The molecule has 0 N–H and O–H groups in total.